The van der Waals surface area contributed by atoms with Crippen molar-refractivity contribution in [3.8, 4) is 5.88 Å². The number of allylic oxidation sites excluding steroid dienone is 2. The van der Waals surface area contributed by atoms with Gasteiger partial charge in [-0.25, -0.2) is 0 Å². The molecule has 0 N–H and O–H groups in total. The van der Waals surface area contributed by atoms with E-state index in [0.717, 1.165) is 5.47 Å². The van der Waals surface area contributed by atoms with E-state index in [0.29, 0.717) is 31.7 Å². The maximum atomic E-state index is 12.7. The van der Waals surface area contributed by atoms with Gasteiger partial charge in [-0.2, -0.15) is 5.10 Å². The van der Waals surface area contributed by atoms with Crippen LogP contribution in [0.3, 0.4) is 0 Å². The molecule has 0 spiro atoms. The molecule has 0 radical (unpaired) electrons. The van der Waals surface area contributed by atoms with Gasteiger partial charge in [0.15, 0.2) is 0 Å². The summed E-state index contributed by atoms with van der Waals surface area (Å²) in [7, 11) is -0.383. The Bertz CT molecular complexity index is 721. The summed E-state index contributed by atoms with van der Waals surface area (Å²) in [5.41, 5.74) is -0.453. The fourth-order valence-electron chi connectivity index (χ4n) is 3.36. The first-order chi connectivity index (χ1) is 13.2. The molecule has 2 aliphatic rings. The topological polar surface area (TPSA) is 79.8 Å². The molecule has 2 heterocycles. The van der Waals surface area contributed by atoms with Crippen LogP contribution in [0.4, 0.5) is 0 Å². The fourth-order valence-corrected chi connectivity index (χ4v) is 3.36. The van der Waals surface area contributed by atoms with Crippen LogP contribution in [-0.4, -0.2) is 47.7 Å². The molecular weight excluding hydrogens is 359 g/mol. The highest BCUT2D eigenvalue weighted by molar-refractivity contribution is 6.54. The van der Waals surface area contributed by atoms with Crippen LogP contribution in [0, 0.1) is 5.41 Å². The Hall–Kier alpha value is -1.93. The van der Waals surface area contributed by atoms with Crippen molar-refractivity contribution in [2.75, 3.05) is 13.2 Å². The van der Waals surface area contributed by atoms with Gasteiger partial charge < -0.3 is 18.8 Å². The highest BCUT2D eigenvalue weighted by Gasteiger charge is 2.53. The second-order valence-electron chi connectivity index (χ2n) is 8.42. The summed E-state index contributed by atoms with van der Waals surface area (Å²) in [5, 5.41) is 7.74. The molecule has 8 heteroatoms. The third kappa shape index (κ3) is 4.08. The third-order valence-electron chi connectivity index (χ3n) is 5.96. The molecule has 3 rings (SSSR count). The second kappa shape index (κ2) is 7.83. The van der Waals surface area contributed by atoms with E-state index in [9.17, 15) is 4.79 Å². The minimum Gasteiger partial charge on any atom is -0.475 e. The van der Waals surface area contributed by atoms with Crippen LogP contribution >= 0.6 is 0 Å². The van der Waals surface area contributed by atoms with Crippen molar-refractivity contribution >= 4 is 13.1 Å². The summed E-state index contributed by atoms with van der Waals surface area (Å²) < 4.78 is 23.4. The van der Waals surface area contributed by atoms with Gasteiger partial charge in [-0.3, -0.25) is 4.79 Å². The Balaban J connectivity index is 1.74. The Morgan fingerprint density at radius 2 is 1.96 bits per heavy atom. The maximum Gasteiger partial charge on any atom is 0.490 e. The summed E-state index contributed by atoms with van der Waals surface area (Å²) in [6.45, 7) is 10.5. The SMILES string of the molecule is CCOC(=O)C1(COc2cccnn2)CC=C(B2OC(C)(C)C(C)(C)O2)CC1. The molecule has 1 aromatic rings. The number of hydrogen-bond donors (Lipinski definition) is 0. The van der Waals surface area contributed by atoms with Gasteiger partial charge in [-0.1, -0.05) is 6.08 Å². The molecule has 152 valence electrons. The predicted octanol–water partition coefficient (Wildman–Crippen LogP) is 3.15. The Labute approximate surface area is 166 Å². The zero-order chi connectivity index (χ0) is 20.4. The van der Waals surface area contributed by atoms with Crippen LogP contribution in [0.2, 0.25) is 0 Å². The van der Waals surface area contributed by atoms with E-state index in [2.05, 4.69) is 10.2 Å². The second-order valence-corrected chi connectivity index (χ2v) is 8.42. The smallest absolute Gasteiger partial charge is 0.475 e. The van der Waals surface area contributed by atoms with Gasteiger partial charge in [-0.15, -0.1) is 5.10 Å². The van der Waals surface area contributed by atoms with Gasteiger partial charge >= 0.3 is 13.1 Å². The van der Waals surface area contributed by atoms with Crippen LogP contribution in [0.15, 0.2) is 29.9 Å². The quantitative estimate of drug-likeness (QED) is 0.547. The van der Waals surface area contributed by atoms with Crippen LogP contribution < -0.4 is 4.74 Å². The van der Waals surface area contributed by atoms with E-state index in [4.69, 9.17) is 18.8 Å². The number of hydrogen-bond acceptors (Lipinski definition) is 7. The highest BCUT2D eigenvalue weighted by atomic mass is 16.7. The largest absolute Gasteiger partial charge is 0.490 e. The number of carbonyl (C=O) groups excluding carboxylic acids is 1. The molecule has 7 nitrogen and oxygen atoms in total. The summed E-state index contributed by atoms with van der Waals surface area (Å²) in [6, 6.07) is 3.47. The zero-order valence-corrected chi connectivity index (χ0v) is 17.4. The molecule has 0 bridgehead atoms. The average molecular weight is 388 g/mol. The molecule has 1 aliphatic heterocycles. The molecule has 1 atom stereocenters. The third-order valence-corrected chi connectivity index (χ3v) is 5.96. The molecule has 1 aliphatic carbocycles. The fraction of sp³-hybridized carbons (Fsp3) is 0.650. The number of aromatic nitrogens is 2. The van der Waals surface area contributed by atoms with Gasteiger partial charge in [0.2, 0.25) is 5.88 Å². The van der Waals surface area contributed by atoms with Crippen molar-refractivity contribution in [1.29, 1.82) is 0 Å². The number of nitrogens with zero attached hydrogens (tertiary/aromatic N) is 2. The number of carbonyl (C=O) groups is 1. The highest BCUT2D eigenvalue weighted by Crippen LogP contribution is 2.43. The van der Waals surface area contributed by atoms with E-state index < -0.39 is 5.41 Å². The van der Waals surface area contributed by atoms with Crippen molar-refractivity contribution < 1.29 is 23.6 Å². The lowest BCUT2D eigenvalue weighted by atomic mass is 9.66. The normalized spacial score (nSPS) is 25.9. The van der Waals surface area contributed by atoms with E-state index in [1.165, 1.54) is 0 Å². The van der Waals surface area contributed by atoms with E-state index in [-0.39, 0.29) is 30.9 Å². The Kier molecular flexibility index (Phi) is 5.82. The summed E-state index contributed by atoms with van der Waals surface area (Å²) in [4.78, 5) is 12.7. The molecule has 1 unspecified atom stereocenters. The first-order valence-electron chi connectivity index (χ1n) is 9.81. The maximum absolute atomic E-state index is 12.7. The Morgan fingerprint density at radius 3 is 2.50 bits per heavy atom. The van der Waals surface area contributed by atoms with Crippen molar-refractivity contribution in [2.45, 2.75) is 65.1 Å². The minimum atomic E-state index is -0.749. The van der Waals surface area contributed by atoms with Crippen LogP contribution in [0.5, 0.6) is 5.88 Å². The van der Waals surface area contributed by atoms with Gasteiger partial charge in [0.25, 0.3) is 0 Å². The van der Waals surface area contributed by atoms with E-state index >= 15 is 0 Å². The number of esters is 1. The molecule has 0 aromatic carbocycles. The number of ether oxygens (including phenoxy) is 2. The lowest BCUT2D eigenvalue weighted by Crippen LogP contribution is -2.41. The van der Waals surface area contributed by atoms with Crippen LogP contribution in [0.25, 0.3) is 0 Å². The standard InChI is InChI=1S/C20H29BN2O5/c1-6-25-17(24)20(14-26-16-8-7-13-22-23-16)11-9-15(10-12-20)21-27-18(2,3)19(4,5)28-21/h7-9,13H,6,10-12,14H2,1-5H3. The molecule has 1 fully saturated rings. The van der Waals surface area contributed by atoms with Gasteiger partial charge in [-0.05, 0) is 65.4 Å². The first kappa shape index (κ1) is 20.8. The van der Waals surface area contributed by atoms with Gasteiger partial charge in [0.1, 0.15) is 12.0 Å². The summed E-state index contributed by atoms with van der Waals surface area (Å²) in [5.74, 6) is 0.148. The molecule has 0 saturated carbocycles. The molecule has 1 aromatic heterocycles. The van der Waals surface area contributed by atoms with Crippen molar-refractivity contribution in [2.24, 2.45) is 5.41 Å². The van der Waals surface area contributed by atoms with Crippen molar-refractivity contribution in [1.82, 2.24) is 10.2 Å². The molecule has 1 saturated heterocycles. The monoisotopic (exact) mass is 388 g/mol. The summed E-state index contributed by atoms with van der Waals surface area (Å²) >= 11 is 0. The molecule has 0 amide bonds. The zero-order valence-electron chi connectivity index (χ0n) is 17.4. The van der Waals surface area contributed by atoms with Gasteiger partial charge in [0.05, 0.1) is 17.8 Å². The summed E-state index contributed by atoms with van der Waals surface area (Å²) in [6.07, 6.45) is 5.41. The number of rotatable bonds is 6. The van der Waals surface area contributed by atoms with E-state index in [1.807, 2.05) is 40.7 Å². The molecule has 28 heavy (non-hydrogen) atoms. The molecular formula is C20H29BN2O5. The van der Waals surface area contributed by atoms with Crippen LogP contribution in [0.1, 0.15) is 53.9 Å². The van der Waals surface area contributed by atoms with Crippen LogP contribution in [-0.2, 0) is 18.8 Å². The predicted molar refractivity (Wildman–Crippen MR) is 105 cm³/mol. The lowest BCUT2D eigenvalue weighted by Gasteiger charge is -2.34. The Morgan fingerprint density at radius 1 is 1.25 bits per heavy atom. The average Bonchev–Trinajstić information content (AvgIpc) is 2.89. The lowest BCUT2D eigenvalue weighted by molar-refractivity contribution is -0.158. The minimum absolute atomic E-state index is 0.192. The van der Waals surface area contributed by atoms with Crippen molar-refractivity contribution in [3.63, 3.8) is 0 Å². The van der Waals surface area contributed by atoms with E-state index in [1.54, 1.807) is 18.3 Å². The van der Waals surface area contributed by atoms with Gasteiger partial charge in [0, 0.05) is 12.3 Å². The van der Waals surface area contributed by atoms with Crippen molar-refractivity contribution in [3.05, 3.63) is 29.9 Å². The first-order valence-corrected chi connectivity index (χ1v) is 9.81.